The van der Waals surface area contributed by atoms with Crippen molar-refractivity contribution in [2.75, 3.05) is 0 Å². The molecule has 2 aromatic rings. The molecule has 0 aliphatic carbocycles. The average Bonchev–Trinajstić information content (AvgIpc) is 2.52. The van der Waals surface area contributed by atoms with Crippen molar-refractivity contribution in [3.8, 4) is 0 Å². The van der Waals surface area contributed by atoms with E-state index in [2.05, 4.69) is 15.0 Å². The van der Waals surface area contributed by atoms with E-state index < -0.39 is 29.1 Å². The van der Waals surface area contributed by atoms with Gasteiger partial charge in [-0.15, -0.1) is 0 Å². The van der Waals surface area contributed by atoms with Crippen LogP contribution in [-0.2, 0) is 5.92 Å². The van der Waals surface area contributed by atoms with E-state index in [0.29, 0.717) is 12.1 Å². The molecule has 0 spiro atoms. The number of alkyl halides is 5. The van der Waals surface area contributed by atoms with E-state index in [1.165, 1.54) is 13.8 Å². The summed E-state index contributed by atoms with van der Waals surface area (Å²) < 4.78 is 63.6. The fourth-order valence-corrected chi connectivity index (χ4v) is 2.05. The lowest BCUT2D eigenvalue weighted by Gasteiger charge is -2.19. The third kappa shape index (κ3) is 4.01. The molecule has 138 valence electrons. The van der Waals surface area contributed by atoms with Gasteiger partial charge in [0.25, 0.3) is 11.5 Å². The maximum Gasteiger partial charge on any atom is 0.458 e. The predicted molar refractivity (Wildman–Crippen MR) is 82.5 cm³/mol. The van der Waals surface area contributed by atoms with E-state index in [4.69, 9.17) is 0 Å². The molecule has 0 aliphatic heterocycles. The standard InChI is InChI=1S/C16H12F5N3O2/c1-8(22-14(26)12-7-13(25)24-9(2)23-12)10-3-5-11(6-4-10)15(17,18)16(19,20)21/h3-7H,1-2H3,(H,23,24,25). The zero-order chi connectivity index (χ0) is 19.7. The minimum Gasteiger partial charge on any atom is -0.311 e. The number of carbonyl (C=O) groups is 1. The molecule has 1 aromatic heterocycles. The number of amides is 1. The first-order valence-corrected chi connectivity index (χ1v) is 7.15. The Morgan fingerprint density at radius 1 is 1.12 bits per heavy atom. The van der Waals surface area contributed by atoms with Gasteiger partial charge in [-0.1, -0.05) is 24.3 Å². The van der Waals surface area contributed by atoms with Gasteiger partial charge in [-0.2, -0.15) is 22.0 Å². The van der Waals surface area contributed by atoms with Gasteiger partial charge in [0.15, 0.2) is 0 Å². The Kier molecular flexibility index (Phi) is 5.06. The van der Waals surface area contributed by atoms with Crippen LogP contribution in [0, 0.1) is 6.92 Å². The Morgan fingerprint density at radius 2 is 1.69 bits per heavy atom. The number of hydrogen-bond acceptors (Lipinski definition) is 3. The van der Waals surface area contributed by atoms with Crippen molar-refractivity contribution in [2.45, 2.75) is 25.9 Å². The minimum atomic E-state index is -5.71. The zero-order valence-corrected chi connectivity index (χ0v) is 13.5. The van der Waals surface area contributed by atoms with Crippen LogP contribution in [-0.4, -0.2) is 27.8 Å². The van der Waals surface area contributed by atoms with Gasteiger partial charge >= 0.3 is 12.1 Å². The first-order chi connectivity index (χ1) is 11.9. The van der Waals surface area contributed by atoms with E-state index in [0.717, 1.165) is 18.2 Å². The second kappa shape index (κ2) is 6.77. The number of nitrogens with one attached hydrogen (secondary N) is 1. The molecule has 2 rings (SSSR count). The summed E-state index contributed by atoms with van der Waals surface area (Å²) in [4.78, 5) is 33.2. The average molecular weight is 373 g/mol. The number of aromatic nitrogens is 2. The Morgan fingerprint density at radius 3 is 2.19 bits per heavy atom. The fourth-order valence-electron chi connectivity index (χ4n) is 2.05. The summed E-state index contributed by atoms with van der Waals surface area (Å²) in [7, 11) is 0. The number of carbonyl (C=O) groups excluding carboxylic acids is 1. The van der Waals surface area contributed by atoms with Crippen LogP contribution in [0.15, 0.2) is 40.1 Å². The molecular weight excluding hydrogens is 361 g/mol. The number of H-pyrrole nitrogens is 1. The van der Waals surface area contributed by atoms with E-state index in [1.807, 2.05) is 0 Å². The summed E-state index contributed by atoms with van der Waals surface area (Å²) in [6.07, 6.45) is -5.71. The summed E-state index contributed by atoms with van der Waals surface area (Å²) in [6, 6.07) is 4.16. The van der Waals surface area contributed by atoms with E-state index in [9.17, 15) is 31.5 Å². The van der Waals surface area contributed by atoms with Crippen molar-refractivity contribution in [3.63, 3.8) is 0 Å². The van der Waals surface area contributed by atoms with Crippen LogP contribution in [0.1, 0.15) is 34.4 Å². The molecule has 0 fully saturated rings. The molecule has 0 aliphatic rings. The smallest absolute Gasteiger partial charge is 0.311 e. The van der Waals surface area contributed by atoms with Crippen molar-refractivity contribution < 1.29 is 26.7 Å². The largest absolute Gasteiger partial charge is 0.458 e. The number of aliphatic imine (C=N–C) groups is 1. The number of aryl methyl sites for hydroxylation is 1. The highest BCUT2D eigenvalue weighted by Gasteiger charge is 2.58. The topological polar surface area (TPSA) is 75.2 Å². The zero-order valence-electron chi connectivity index (χ0n) is 13.5. The molecule has 5 nitrogen and oxygen atoms in total. The minimum absolute atomic E-state index is 0.0663. The number of benzene rings is 1. The van der Waals surface area contributed by atoms with E-state index in [1.54, 1.807) is 0 Å². The maximum absolute atomic E-state index is 13.3. The summed E-state index contributed by atoms with van der Waals surface area (Å²) in [6.45, 7) is 2.84. The third-order valence-electron chi connectivity index (χ3n) is 3.37. The van der Waals surface area contributed by atoms with Crippen molar-refractivity contribution in [1.29, 1.82) is 0 Å². The highest BCUT2D eigenvalue weighted by atomic mass is 19.4. The molecule has 1 N–H and O–H groups in total. The lowest BCUT2D eigenvalue weighted by molar-refractivity contribution is -0.289. The molecule has 0 atom stereocenters. The molecule has 0 unspecified atom stereocenters. The van der Waals surface area contributed by atoms with E-state index in [-0.39, 0.29) is 22.8 Å². The number of halogens is 5. The number of hydrogen-bond donors (Lipinski definition) is 1. The number of aromatic amines is 1. The normalized spacial score (nSPS) is 13.0. The Bertz CT molecular complexity index is 915. The van der Waals surface area contributed by atoms with Gasteiger partial charge in [-0.25, -0.2) is 9.98 Å². The molecule has 0 bridgehead atoms. The SMILES string of the molecule is CC(=NC(=O)c1cc(=O)[nH]c(C)n1)c1ccc(C(F)(F)C(F)(F)F)cc1. The van der Waals surface area contributed by atoms with Gasteiger partial charge in [0.1, 0.15) is 11.5 Å². The predicted octanol–water partition coefficient (Wildman–Crippen LogP) is 3.38. The van der Waals surface area contributed by atoms with Crippen molar-refractivity contribution in [2.24, 2.45) is 4.99 Å². The second-order valence-electron chi connectivity index (χ2n) is 5.37. The van der Waals surface area contributed by atoms with Gasteiger partial charge < -0.3 is 4.98 Å². The number of nitrogens with zero attached hydrogens (tertiary/aromatic N) is 2. The van der Waals surface area contributed by atoms with Crippen molar-refractivity contribution in [1.82, 2.24) is 9.97 Å². The lowest BCUT2D eigenvalue weighted by atomic mass is 10.0. The number of rotatable bonds is 3. The highest BCUT2D eigenvalue weighted by molar-refractivity contribution is 6.08. The Hall–Kier alpha value is -2.91. The van der Waals surface area contributed by atoms with Crippen LogP contribution in [0.4, 0.5) is 22.0 Å². The molecular formula is C16H12F5N3O2. The Balaban J connectivity index is 2.29. The summed E-state index contributed by atoms with van der Waals surface area (Å²) >= 11 is 0. The molecule has 1 amide bonds. The molecule has 0 saturated carbocycles. The van der Waals surface area contributed by atoms with Crippen LogP contribution in [0.25, 0.3) is 0 Å². The van der Waals surface area contributed by atoms with Gasteiger partial charge in [0, 0.05) is 17.3 Å². The fraction of sp³-hybridized carbons (Fsp3) is 0.250. The maximum atomic E-state index is 13.3. The van der Waals surface area contributed by atoms with Crippen LogP contribution in [0.2, 0.25) is 0 Å². The molecule has 0 saturated heterocycles. The van der Waals surface area contributed by atoms with Crippen molar-refractivity contribution in [3.05, 3.63) is 63.3 Å². The molecule has 10 heteroatoms. The Labute approximate surface area is 143 Å². The monoisotopic (exact) mass is 373 g/mol. The van der Waals surface area contributed by atoms with Crippen molar-refractivity contribution >= 4 is 11.6 Å². The summed E-state index contributed by atoms with van der Waals surface area (Å²) in [5.74, 6) is -5.63. The summed E-state index contributed by atoms with van der Waals surface area (Å²) in [5.41, 5.74) is -1.75. The van der Waals surface area contributed by atoms with Gasteiger partial charge in [0.05, 0.1) is 0 Å². The first-order valence-electron chi connectivity index (χ1n) is 7.15. The molecule has 1 heterocycles. The van der Waals surface area contributed by atoms with Crippen LogP contribution in [0.5, 0.6) is 0 Å². The third-order valence-corrected chi connectivity index (χ3v) is 3.37. The molecule has 1 aromatic carbocycles. The van der Waals surface area contributed by atoms with Crippen LogP contribution < -0.4 is 5.56 Å². The molecule has 26 heavy (non-hydrogen) atoms. The highest BCUT2D eigenvalue weighted by Crippen LogP contribution is 2.43. The van der Waals surface area contributed by atoms with Crippen LogP contribution in [0.3, 0.4) is 0 Å². The van der Waals surface area contributed by atoms with Gasteiger partial charge in [-0.3, -0.25) is 9.59 Å². The van der Waals surface area contributed by atoms with E-state index >= 15 is 0 Å². The lowest BCUT2D eigenvalue weighted by Crippen LogP contribution is -2.33. The molecule has 0 radical (unpaired) electrons. The summed E-state index contributed by atoms with van der Waals surface area (Å²) in [5, 5.41) is 0. The van der Waals surface area contributed by atoms with Gasteiger partial charge in [0.2, 0.25) is 0 Å². The second-order valence-corrected chi connectivity index (χ2v) is 5.37. The van der Waals surface area contributed by atoms with Gasteiger partial charge in [-0.05, 0) is 19.4 Å². The van der Waals surface area contributed by atoms with Crippen LogP contribution >= 0.6 is 0 Å². The quantitative estimate of drug-likeness (QED) is 0.662. The first kappa shape index (κ1) is 19.4.